The zero-order valence-corrected chi connectivity index (χ0v) is 13.9. The van der Waals surface area contributed by atoms with Crippen molar-refractivity contribution in [1.29, 1.82) is 0 Å². The van der Waals surface area contributed by atoms with Crippen LogP contribution in [0.2, 0.25) is 0 Å². The van der Waals surface area contributed by atoms with Gasteiger partial charge in [-0.1, -0.05) is 43.5 Å². The van der Waals surface area contributed by atoms with Crippen molar-refractivity contribution >= 4 is 5.97 Å². The standard InChI is InChI=1S/C19H23NO3/c1-4-5-6-11-20-17(10-9-16(18(20)21)19(22)23)15-8-7-13(2)12-14(15)3/h7-10,12H,4-6,11H2,1-3H3,(H,22,23). The molecule has 4 nitrogen and oxygen atoms in total. The second-order valence-corrected chi connectivity index (χ2v) is 5.92. The third-order valence-corrected chi connectivity index (χ3v) is 4.05. The molecule has 1 aromatic carbocycles. The number of rotatable bonds is 6. The summed E-state index contributed by atoms with van der Waals surface area (Å²) >= 11 is 0. The van der Waals surface area contributed by atoms with E-state index in [1.807, 2.05) is 26.0 Å². The van der Waals surface area contributed by atoms with Crippen LogP contribution in [0.3, 0.4) is 0 Å². The predicted octanol–water partition coefficient (Wildman–Crippen LogP) is 4.02. The maximum absolute atomic E-state index is 12.6. The summed E-state index contributed by atoms with van der Waals surface area (Å²) in [5.74, 6) is -1.17. The van der Waals surface area contributed by atoms with E-state index in [-0.39, 0.29) is 5.56 Å². The molecule has 0 amide bonds. The predicted molar refractivity (Wildman–Crippen MR) is 92.1 cm³/mol. The van der Waals surface area contributed by atoms with Crippen molar-refractivity contribution in [3.63, 3.8) is 0 Å². The van der Waals surface area contributed by atoms with Crippen LogP contribution >= 0.6 is 0 Å². The van der Waals surface area contributed by atoms with Gasteiger partial charge in [0.2, 0.25) is 0 Å². The second kappa shape index (κ2) is 7.27. The first kappa shape index (κ1) is 17.0. The Morgan fingerprint density at radius 1 is 1.13 bits per heavy atom. The van der Waals surface area contributed by atoms with E-state index >= 15 is 0 Å². The summed E-state index contributed by atoms with van der Waals surface area (Å²) in [5.41, 5.74) is 3.40. The zero-order valence-electron chi connectivity index (χ0n) is 13.9. The highest BCUT2D eigenvalue weighted by atomic mass is 16.4. The number of nitrogens with zero attached hydrogens (tertiary/aromatic N) is 1. The number of benzene rings is 1. The molecule has 0 saturated carbocycles. The Morgan fingerprint density at radius 2 is 1.87 bits per heavy atom. The first-order valence-corrected chi connectivity index (χ1v) is 8.00. The molecule has 0 aliphatic heterocycles. The maximum Gasteiger partial charge on any atom is 0.341 e. The van der Waals surface area contributed by atoms with Gasteiger partial charge in [0.25, 0.3) is 5.56 Å². The minimum atomic E-state index is -1.17. The van der Waals surface area contributed by atoms with Crippen LogP contribution in [0.1, 0.15) is 47.7 Å². The molecule has 1 heterocycles. The summed E-state index contributed by atoms with van der Waals surface area (Å²) in [4.78, 5) is 23.8. The van der Waals surface area contributed by atoms with Crippen molar-refractivity contribution in [2.75, 3.05) is 0 Å². The third-order valence-electron chi connectivity index (χ3n) is 4.05. The lowest BCUT2D eigenvalue weighted by Gasteiger charge is -2.16. The van der Waals surface area contributed by atoms with Crippen LogP contribution in [0.15, 0.2) is 35.1 Å². The molecule has 0 spiro atoms. The highest BCUT2D eigenvalue weighted by molar-refractivity contribution is 5.87. The summed E-state index contributed by atoms with van der Waals surface area (Å²) in [6.45, 7) is 6.67. The zero-order chi connectivity index (χ0) is 17.0. The fraction of sp³-hybridized carbons (Fsp3) is 0.368. The molecule has 23 heavy (non-hydrogen) atoms. The molecule has 2 rings (SSSR count). The number of unbranched alkanes of at least 4 members (excludes halogenated alkanes) is 2. The summed E-state index contributed by atoms with van der Waals surface area (Å²) in [7, 11) is 0. The number of hydrogen-bond acceptors (Lipinski definition) is 2. The maximum atomic E-state index is 12.6. The van der Waals surface area contributed by atoms with Crippen molar-refractivity contribution in [2.24, 2.45) is 0 Å². The van der Waals surface area contributed by atoms with Crippen LogP contribution in [-0.2, 0) is 6.54 Å². The SMILES string of the molecule is CCCCCn1c(-c2ccc(C)cc2C)ccc(C(=O)O)c1=O. The Labute approximate surface area is 136 Å². The summed E-state index contributed by atoms with van der Waals surface area (Å²) in [6, 6.07) is 9.23. The quantitative estimate of drug-likeness (QED) is 0.819. The molecule has 1 N–H and O–H groups in total. The van der Waals surface area contributed by atoms with Crippen LogP contribution in [0.25, 0.3) is 11.3 Å². The number of aromatic nitrogens is 1. The monoisotopic (exact) mass is 313 g/mol. The average molecular weight is 313 g/mol. The van der Waals surface area contributed by atoms with Gasteiger partial charge in [-0.05, 0) is 38.0 Å². The summed E-state index contributed by atoms with van der Waals surface area (Å²) < 4.78 is 1.61. The molecular weight excluding hydrogens is 290 g/mol. The largest absolute Gasteiger partial charge is 0.477 e. The van der Waals surface area contributed by atoms with Gasteiger partial charge in [-0.25, -0.2) is 4.79 Å². The molecule has 0 aliphatic rings. The fourth-order valence-electron chi connectivity index (χ4n) is 2.82. The van der Waals surface area contributed by atoms with Crippen LogP contribution in [-0.4, -0.2) is 15.6 Å². The lowest BCUT2D eigenvalue weighted by Crippen LogP contribution is -2.27. The lowest BCUT2D eigenvalue weighted by molar-refractivity contribution is 0.0694. The molecule has 122 valence electrons. The number of hydrogen-bond donors (Lipinski definition) is 1. The van der Waals surface area contributed by atoms with Gasteiger partial charge in [-0.15, -0.1) is 0 Å². The van der Waals surface area contributed by atoms with E-state index in [1.165, 1.54) is 6.07 Å². The Bertz CT molecular complexity index is 775. The minimum absolute atomic E-state index is 0.171. The molecule has 0 radical (unpaired) electrons. The number of aromatic carboxylic acids is 1. The van der Waals surface area contributed by atoms with Gasteiger partial charge < -0.3 is 9.67 Å². The van der Waals surface area contributed by atoms with E-state index in [4.69, 9.17) is 0 Å². The van der Waals surface area contributed by atoms with Crippen molar-refractivity contribution in [3.8, 4) is 11.3 Å². The van der Waals surface area contributed by atoms with Crippen molar-refractivity contribution < 1.29 is 9.90 Å². The topological polar surface area (TPSA) is 59.3 Å². The molecule has 0 atom stereocenters. The van der Waals surface area contributed by atoms with E-state index in [9.17, 15) is 14.7 Å². The lowest BCUT2D eigenvalue weighted by atomic mass is 10.0. The Morgan fingerprint density at radius 3 is 2.48 bits per heavy atom. The van der Waals surface area contributed by atoms with E-state index in [0.29, 0.717) is 6.54 Å². The summed E-state index contributed by atoms with van der Waals surface area (Å²) in [5, 5.41) is 9.20. The molecular formula is C19H23NO3. The Hall–Kier alpha value is -2.36. The number of carboxylic acid groups (broad SMARTS) is 1. The van der Waals surface area contributed by atoms with E-state index in [0.717, 1.165) is 41.6 Å². The minimum Gasteiger partial charge on any atom is -0.477 e. The smallest absolute Gasteiger partial charge is 0.341 e. The third kappa shape index (κ3) is 3.70. The van der Waals surface area contributed by atoms with Crippen LogP contribution in [0.5, 0.6) is 0 Å². The highest BCUT2D eigenvalue weighted by Gasteiger charge is 2.15. The van der Waals surface area contributed by atoms with Gasteiger partial charge in [-0.2, -0.15) is 0 Å². The molecule has 1 aromatic heterocycles. The van der Waals surface area contributed by atoms with E-state index < -0.39 is 11.5 Å². The molecule has 2 aromatic rings. The van der Waals surface area contributed by atoms with E-state index in [1.54, 1.807) is 10.6 Å². The first-order valence-electron chi connectivity index (χ1n) is 8.00. The van der Waals surface area contributed by atoms with Crippen LogP contribution in [0.4, 0.5) is 0 Å². The number of aryl methyl sites for hydroxylation is 2. The number of carbonyl (C=O) groups is 1. The van der Waals surface area contributed by atoms with Crippen molar-refractivity contribution in [3.05, 3.63) is 57.4 Å². The fourth-order valence-corrected chi connectivity index (χ4v) is 2.82. The van der Waals surface area contributed by atoms with Gasteiger partial charge in [-0.3, -0.25) is 4.79 Å². The summed E-state index contributed by atoms with van der Waals surface area (Å²) in [6.07, 6.45) is 2.92. The van der Waals surface area contributed by atoms with Crippen LogP contribution < -0.4 is 5.56 Å². The molecule has 4 heteroatoms. The second-order valence-electron chi connectivity index (χ2n) is 5.92. The molecule has 0 bridgehead atoms. The normalized spacial score (nSPS) is 10.7. The first-order chi connectivity index (χ1) is 11.0. The van der Waals surface area contributed by atoms with Gasteiger partial charge >= 0.3 is 5.97 Å². The molecule has 0 aliphatic carbocycles. The van der Waals surface area contributed by atoms with Gasteiger partial charge in [0.15, 0.2) is 0 Å². The molecule has 0 saturated heterocycles. The Kier molecular flexibility index (Phi) is 5.37. The Balaban J connectivity index is 2.59. The van der Waals surface area contributed by atoms with Gasteiger partial charge in [0.1, 0.15) is 5.56 Å². The molecule has 0 fully saturated rings. The van der Waals surface area contributed by atoms with Gasteiger partial charge in [0, 0.05) is 12.1 Å². The van der Waals surface area contributed by atoms with Crippen molar-refractivity contribution in [1.82, 2.24) is 4.57 Å². The number of carboxylic acids is 1. The number of pyridine rings is 1. The average Bonchev–Trinajstić information content (AvgIpc) is 2.49. The van der Waals surface area contributed by atoms with Gasteiger partial charge in [0.05, 0.1) is 5.69 Å². The van der Waals surface area contributed by atoms with E-state index in [2.05, 4.69) is 13.0 Å². The molecule has 0 unspecified atom stereocenters. The van der Waals surface area contributed by atoms with Crippen molar-refractivity contribution in [2.45, 2.75) is 46.6 Å². The van der Waals surface area contributed by atoms with Crippen LogP contribution in [0, 0.1) is 13.8 Å². The highest BCUT2D eigenvalue weighted by Crippen LogP contribution is 2.24.